The van der Waals surface area contributed by atoms with Crippen molar-refractivity contribution in [3.05, 3.63) is 0 Å². The minimum absolute atomic E-state index is 0.0497. The summed E-state index contributed by atoms with van der Waals surface area (Å²) in [5.74, 6) is -0.125. The van der Waals surface area contributed by atoms with Gasteiger partial charge >= 0.3 is 0 Å². The first kappa shape index (κ1) is 8.53. The van der Waals surface area contributed by atoms with Crippen molar-refractivity contribution >= 4 is 5.91 Å². The lowest BCUT2D eigenvalue weighted by Crippen LogP contribution is -2.31. The monoisotopic (exact) mass is 157 g/mol. The molecule has 1 saturated carbocycles. The molecule has 0 aromatic carbocycles. The molecule has 0 radical (unpaired) electrons. The highest BCUT2D eigenvalue weighted by atomic mass is 16.5. The van der Waals surface area contributed by atoms with E-state index in [1.165, 1.54) is 0 Å². The van der Waals surface area contributed by atoms with Gasteiger partial charge in [-0.25, -0.2) is 0 Å². The van der Waals surface area contributed by atoms with Crippen molar-refractivity contribution in [2.75, 3.05) is 7.11 Å². The standard InChI is InChI=1S/C8H15NO2/c1-11-7-4-2-3-6(5-7)8(9)10/h6-7H,2-5H2,1H3,(H2,9,10)/t6-,7-/m1/s1. The van der Waals surface area contributed by atoms with Crippen LogP contribution >= 0.6 is 0 Å². The summed E-state index contributed by atoms with van der Waals surface area (Å²) in [6, 6.07) is 0. The van der Waals surface area contributed by atoms with Crippen LogP contribution in [0, 0.1) is 5.92 Å². The Morgan fingerprint density at radius 1 is 1.55 bits per heavy atom. The fourth-order valence-corrected chi connectivity index (χ4v) is 1.62. The Balaban J connectivity index is 2.39. The molecule has 0 aromatic heterocycles. The number of nitrogens with two attached hydrogens (primary N) is 1. The minimum atomic E-state index is -0.174. The topological polar surface area (TPSA) is 52.3 Å². The smallest absolute Gasteiger partial charge is 0.220 e. The highest BCUT2D eigenvalue weighted by Crippen LogP contribution is 2.25. The van der Waals surface area contributed by atoms with E-state index in [0.717, 1.165) is 25.7 Å². The maximum atomic E-state index is 10.8. The molecule has 3 nitrogen and oxygen atoms in total. The highest BCUT2D eigenvalue weighted by molar-refractivity contribution is 5.76. The predicted molar refractivity (Wildman–Crippen MR) is 41.9 cm³/mol. The molecule has 0 saturated heterocycles. The van der Waals surface area contributed by atoms with Gasteiger partial charge in [-0.1, -0.05) is 6.42 Å². The van der Waals surface area contributed by atoms with Gasteiger partial charge in [0.05, 0.1) is 6.10 Å². The molecule has 1 aliphatic rings. The summed E-state index contributed by atoms with van der Waals surface area (Å²) in [7, 11) is 1.69. The third-order valence-corrected chi connectivity index (χ3v) is 2.36. The zero-order chi connectivity index (χ0) is 8.27. The Labute approximate surface area is 66.9 Å². The third kappa shape index (κ3) is 2.19. The summed E-state index contributed by atoms with van der Waals surface area (Å²) in [5, 5.41) is 0. The highest BCUT2D eigenvalue weighted by Gasteiger charge is 2.24. The molecule has 0 aliphatic heterocycles. The van der Waals surface area contributed by atoms with Crippen molar-refractivity contribution in [3.63, 3.8) is 0 Å². The Kier molecular flexibility index (Phi) is 2.88. The van der Waals surface area contributed by atoms with E-state index in [9.17, 15) is 4.79 Å². The first-order chi connectivity index (χ1) is 5.24. The van der Waals surface area contributed by atoms with E-state index in [2.05, 4.69) is 0 Å². The van der Waals surface area contributed by atoms with Gasteiger partial charge in [0, 0.05) is 13.0 Å². The lowest BCUT2D eigenvalue weighted by atomic mass is 9.87. The lowest BCUT2D eigenvalue weighted by Gasteiger charge is -2.25. The molecule has 11 heavy (non-hydrogen) atoms. The molecule has 2 N–H and O–H groups in total. The SMILES string of the molecule is CO[C@@H]1CCC[C@@H](C(N)=O)C1. The molecule has 3 heteroatoms. The van der Waals surface area contributed by atoms with E-state index in [1.807, 2.05) is 0 Å². The number of hydrogen-bond donors (Lipinski definition) is 1. The van der Waals surface area contributed by atoms with Gasteiger partial charge in [0.2, 0.25) is 5.91 Å². The van der Waals surface area contributed by atoms with Gasteiger partial charge in [0.1, 0.15) is 0 Å². The molecule has 64 valence electrons. The van der Waals surface area contributed by atoms with Crippen LogP contribution in [-0.2, 0) is 9.53 Å². The van der Waals surface area contributed by atoms with Crippen molar-refractivity contribution in [1.29, 1.82) is 0 Å². The Hall–Kier alpha value is -0.570. The van der Waals surface area contributed by atoms with Crippen LogP contribution in [0.1, 0.15) is 25.7 Å². The molecule has 0 spiro atoms. The number of ether oxygens (including phenoxy) is 1. The first-order valence-corrected chi connectivity index (χ1v) is 4.06. The summed E-state index contributed by atoms with van der Waals surface area (Å²) >= 11 is 0. The van der Waals surface area contributed by atoms with E-state index < -0.39 is 0 Å². The molecular weight excluding hydrogens is 142 g/mol. The first-order valence-electron chi connectivity index (χ1n) is 4.06. The van der Waals surface area contributed by atoms with Crippen LogP contribution in [0.3, 0.4) is 0 Å². The summed E-state index contributed by atoms with van der Waals surface area (Å²) in [6.45, 7) is 0. The van der Waals surface area contributed by atoms with E-state index in [1.54, 1.807) is 7.11 Å². The number of amides is 1. The molecule has 1 aliphatic carbocycles. The molecule has 1 amide bonds. The summed E-state index contributed by atoms with van der Waals surface area (Å²) < 4.78 is 5.16. The second-order valence-electron chi connectivity index (χ2n) is 3.12. The van der Waals surface area contributed by atoms with Crippen molar-refractivity contribution < 1.29 is 9.53 Å². The van der Waals surface area contributed by atoms with Crippen LogP contribution in [-0.4, -0.2) is 19.1 Å². The zero-order valence-corrected chi connectivity index (χ0v) is 6.88. The van der Waals surface area contributed by atoms with Gasteiger partial charge in [-0.2, -0.15) is 0 Å². The van der Waals surface area contributed by atoms with Crippen LogP contribution in [0.15, 0.2) is 0 Å². The number of primary amides is 1. The average molecular weight is 157 g/mol. The second kappa shape index (κ2) is 3.72. The lowest BCUT2D eigenvalue weighted by molar-refractivity contribution is -0.124. The van der Waals surface area contributed by atoms with Crippen molar-refractivity contribution in [1.82, 2.24) is 0 Å². The molecule has 0 unspecified atom stereocenters. The second-order valence-corrected chi connectivity index (χ2v) is 3.12. The fraction of sp³-hybridized carbons (Fsp3) is 0.875. The largest absolute Gasteiger partial charge is 0.381 e. The number of carbonyl (C=O) groups excluding carboxylic acids is 1. The van der Waals surface area contributed by atoms with E-state index in [4.69, 9.17) is 10.5 Å². The average Bonchev–Trinajstić information content (AvgIpc) is 2.05. The van der Waals surface area contributed by atoms with Gasteiger partial charge in [-0.05, 0) is 19.3 Å². The summed E-state index contributed by atoms with van der Waals surface area (Å²) in [4.78, 5) is 10.8. The van der Waals surface area contributed by atoms with E-state index in [0.29, 0.717) is 0 Å². The molecule has 0 aromatic rings. The zero-order valence-electron chi connectivity index (χ0n) is 6.88. The van der Waals surface area contributed by atoms with Crippen LogP contribution in [0.2, 0.25) is 0 Å². The van der Waals surface area contributed by atoms with Crippen molar-refractivity contribution in [2.24, 2.45) is 11.7 Å². The van der Waals surface area contributed by atoms with Crippen LogP contribution in [0.4, 0.5) is 0 Å². The van der Waals surface area contributed by atoms with Crippen LogP contribution in [0.25, 0.3) is 0 Å². The Morgan fingerprint density at radius 2 is 2.27 bits per heavy atom. The van der Waals surface area contributed by atoms with Crippen molar-refractivity contribution in [2.45, 2.75) is 31.8 Å². The maximum absolute atomic E-state index is 10.8. The van der Waals surface area contributed by atoms with E-state index in [-0.39, 0.29) is 17.9 Å². The van der Waals surface area contributed by atoms with Gasteiger partial charge in [0.15, 0.2) is 0 Å². The summed E-state index contributed by atoms with van der Waals surface area (Å²) in [5.41, 5.74) is 5.19. The predicted octanol–water partition coefficient (Wildman–Crippen LogP) is 0.677. The molecule has 1 fully saturated rings. The molecular formula is C8H15NO2. The Morgan fingerprint density at radius 3 is 2.82 bits per heavy atom. The summed E-state index contributed by atoms with van der Waals surface area (Å²) in [6.07, 6.45) is 4.13. The number of carbonyl (C=O) groups is 1. The van der Waals surface area contributed by atoms with E-state index >= 15 is 0 Å². The molecule has 0 bridgehead atoms. The van der Waals surface area contributed by atoms with Gasteiger partial charge in [-0.3, -0.25) is 4.79 Å². The van der Waals surface area contributed by atoms with Gasteiger partial charge < -0.3 is 10.5 Å². The van der Waals surface area contributed by atoms with Crippen LogP contribution < -0.4 is 5.73 Å². The number of rotatable bonds is 2. The normalized spacial score (nSPS) is 31.7. The fourth-order valence-electron chi connectivity index (χ4n) is 1.62. The van der Waals surface area contributed by atoms with Crippen LogP contribution in [0.5, 0.6) is 0 Å². The molecule has 0 heterocycles. The molecule has 1 rings (SSSR count). The van der Waals surface area contributed by atoms with Gasteiger partial charge in [0.25, 0.3) is 0 Å². The quantitative estimate of drug-likeness (QED) is 0.640. The molecule has 2 atom stereocenters. The third-order valence-electron chi connectivity index (χ3n) is 2.36. The number of hydrogen-bond acceptors (Lipinski definition) is 2. The maximum Gasteiger partial charge on any atom is 0.220 e. The van der Waals surface area contributed by atoms with Gasteiger partial charge in [-0.15, -0.1) is 0 Å². The minimum Gasteiger partial charge on any atom is -0.381 e. The number of methoxy groups -OCH3 is 1. The van der Waals surface area contributed by atoms with Crippen molar-refractivity contribution in [3.8, 4) is 0 Å². The Bertz CT molecular complexity index is 147.